The molecule has 2 heterocycles. The van der Waals surface area contributed by atoms with Crippen molar-refractivity contribution >= 4 is 31.6 Å². The van der Waals surface area contributed by atoms with Crippen LogP contribution < -0.4 is 0 Å². The molecule has 10 heteroatoms. The summed E-state index contributed by atoms with van der Waals surface area (Å²) in [6, 6.07) is 15.4. The first-order valence-corrected chi connectivity index (χ1v) is 14.5. The average molecular weight is 505 g/mol. The molecule has 2 aromatic carbocycles. The molecule has 34 heavy (non-hydrogen) atoms. The van der Waals surface area contributed by atoms with Crippen molar-refractivity contribution in [3.05, 3.63) is 65.7 Å². The molecule has 0 spiro atoms. The van der Waals surface area contributed by atoms with E-state index in [1.54, 1.807) is 17.0 Å². The van der Waals surface area contributed by atoms with Crippen molar-refractivity contribution in [2.45, 2.75) is 24.2 Å². The van der Waals surface area contributed by atoms with Crippen LogP contribution in [0, 0.1) is 5.92 Å². The predicted octanol–water partition coefficient (Wildman–Crippen LogP) is 1.94. The highest BCUT2D eigenvalue weighted by molar-refractivity contribution is 7.91. The minimum absolute atomic E-state index is 0.0120. The Bertz CT molecular complexity index is 1280. The summed E-state index contributed by atoms with van der Waals surface area (Å²) in [5, 5.41) is 0. The molecule has 2 aromatic rings. The fourth-order valence-corrected chi connectivity index (χ4v) is 7.39. The fourth-order valence-electron chi connectivity index (χ4n) is 4.62. The Kier molecular flexibility index (Phi) is 6.93. The van der Waals surface area contributed by atoms with E-state index in [-0.39, 0.29) is 60.2 Å². The van der Waals surface area contributed by atoms with Crippen LogP contribution in [0.5, 0.6) is 0 Å². The number of carbonyl (C=O) groups excluding carboxylic acids is 2. The lowest BCUT2D eigenvalue weighted by atomic mass is 9.85. The van der Waals surface area contributed by atoms with Crippen LogP contribution in [0.3, 0.4) is 0 Å². The van der Waals surface area contributed by atoms with Crippen LogP contribution in [-0.2, 0) is 24.7 Å². The molecule has 2 aliphatic rings. The quantitative estimate of drug-likeness (QED) is 0.576. The first-order valence-electron chi connectivity index (χ1n) is 11.2. The van der Waals surface area contributed by atoms with Gasteiger partial charge in [-0.1, -0.05) is 42.5 Å². The summed E-state index contributed by atoms with van der Waals surface area (Å²) in [5.41, 5.74) is 1.25. The molecule has 2 fully saturated rings. The van der Waals surface area contributed by atoms with Gasteiger partial charge in [-0.25, -0.2) is 16.8 Å². The lowest BCUT2D eigenvalue weighted by Crippen LogP contribution is -2.52. The van der Waals surface area contributed by atoms with Crippen LogP contribution >= 0.6 is 0 Å². The van der Waals surface area contributed by atoms with Gasteiger partial charge in [-0.2, -0.15) is 4.31 Å². The maximum absolute atomic E-state index is 13.6. The van der Waals surface area contributed by atoms with E-state index in [0.717, 1.165) is 5.56 Å². The van der Waals surface area contributed by atoms with Crippen molar-refractivity contribution in [3.63, 3.8) is 0 Å². The van der Waals surface area contributed by atoms with Gasteiger partial charge in [0.25, 0.3) is 0 Å². The molecule has 2 aliphatic heterocycles. The Morgan fingerprint density at radius 1 is 0.941 bits per heavy atom. The highest BCUT2D eigenvalue weighted by atomic mass is 32.2. The van der Waals surface area contributed by atoms with E-state index in [4.69, 9.17) is 0 Å². The maximum Gasteiger partial charge on any atom is 0.243 e. The summed E-state index contributed by atoms with van der Waals surface area (Å²) in [5.74, 6) is -1.38. The second kappa shape index (κ2) is 9.59. The first-order chi connectivity index (χ1) is 16.1. The minimum atomic E-state index is -3.96. The Morgan fingerprint density at radius 3 is 2.26 bits per heavy atom. The zero-order chi connectivity index (χ0) is 24.5. The van der Waals surface area contributed by atoms with Crippen molar-refractivity contribution in [3.8, 4) is 0 Å². The fraction of sp³-hybridized carbons (Fsp3) is 0.417. The van der Waals surface area contributed by atoms with E-state index >= 15 is 0 Å². The van der Waals surface area contributed by atoms with Crippen molar-refractivity contribution in [1.29, 1.82) is 0 Å². The molecule has 4 rings (SSSR count). The molecule has 2 atom stereocenters. The summed E-state index contributed by atoms with van der Waals surface area (Å²) in [4.78, 5) is 26.7. The Labute approximate surface area is 200 Å². The number of piperidine rings is 1. The third-order valence-corrected chi connectivity index (χ3v) is 10.0. The van der Waals surface area contributed by atoms with Crippen LogP contribution in [0.15, 0.2) is 59.5 Å². The maximum atomic E-state index is 13.6. The molecule has 2 unspecified atom stereocenters. The number of carbonyl (C=O) groups is 2. The van der Waals surface area contributed by atoms with Gasteiger partial charge in [0.2, 0.25) is 15.9 Å². The molecular formula is C24H28N2O6S2. The van der Waals surface area contributed by atoms with Crippen molar-refractivity contribution < 1.29 is 26.4 Å². The second-order valence-electron chi connectivity index (χ2n) is 8.92. The molecule has 0 radical (unpaired) electrons. The number of sulfonamides is 1. The first kappa shape index (κ1) is 24.6. The summed E-state index contributed by atoms with van der Waals surface area (Å²) >= 11 is 0. The lowest BCUT2D eigenvalue weighted by Gasteiger charge is -2.39. The highest BCUT2D eigenvalue weighted by Gasteiger charge is 2.40. The van der Waals surface area contributed by atoms with Gasteiger partial charge in [-0.15, -0.1) is 0 Å². The van der Waals surface area contributed by atoms with Crippen molar-refractivity contribution in [2.24, 2.45) is 5.92 Å². The van der Waals surface area contributed by atoms with E-state index in [1.807, 2.05) is 30.3 Å². The van der Waals surface area contributed by atoms with Gasteiger partial charge >= 0.3 is 0 Å². The molecule has 1 amide bonds. The molecular weight excluding hydrogens is 476 g/mol. The van der Waals surface area contributed by atoms with Gasteiger partial charge in [0.05, 0.1) is 22.3 Å². The largest absolute Gasteiger partial charge is 0.340 e. The number of hydrogen-bond donors (Lipinski definition) is 0. The Hall–Kier alpha value is -2.56. The van der Waals surface area contributed by atoms with E-state index in [2.05, 4.69) is 0 Å². The molecule has 0 N–H and O–H groups in total. The van der Waals surface area contributed by atoms with E-state index in [9.17, 15) is 26.4 Å². The average Bonchev–Trinajstić information content (AvgIpc) is 2.84. The number of rotatable bonds is 5. The van der Waals surface area contributed by atoms with Crippen LogP contribution in [0.2, 0.25) is 0 Å². The van der Waals surface area contributed by atoms with Gasteiger partial charge in [-0.05, 0) is 37.0 Å². The number of hydrogen-bond acceptors (Lipinski definition) is 6. The van der Waals surface area contributed by atoms with Crippen LogP contribution in [0.1, 0.15) is 35.2 Å². The summed E-state index contributed by atoms with van der Waals surface area (Å²) in [6.07, 6.45) is 0.478. The van der Waals surface area contributed by atoms with Gasteiger partial charge in [0, 0.05) is 31.7 Å². The standard InChI is InChI=1S/C24H28N2O6S2/c1-18(27)20-8-5-9-23(15-20)34(31,32)26-16-21(19-6-3-2-4-7-19)14-22(17-26)24(28)25-10-12-33(29,30)13-11-25/h2-9,15,21-22H,10-14,16-17H2,1H3. The summed E-state index contributed by atoms with van der Waals surface area (Å²) < 4.78 is 52.1. The summed E-state index contributed by atoms with van der Waals surface area (Å²) in [6.45, 7) is 1.86. The lowest BCUT2D eigenvalue weighted by molar-refractivity contribution is -0.136. The van der Waals surface area contributed by atoms with Crippen molar-refractivity contribution in [1.82, 2.24) is 9.21 Å². The Balaban J connectivity index is 1.64. The van der Waals surface area contributed by atoms with Crippen LogP contribution in [0.25, 0.3) is 0 Å². The third-order valence-electron chi connectivity index (χ3n) is 6.57. The van der Waals surface area contributed by atoms with Crippen molar-refractivity contribution in [2.75, 3.05) is 37.7 Å². The number of amides is 1. The third kappa shape index (κ3) is 5.24. The number of sulfone groups is 1. The molecule has 2 saturated heterocycles. The zero-order valence-electron chi connectivity index (χ0n) is 19.0. The van der Waals surface area contributed by atoms with Gasteiger partial charge in [0.1, 0.15) is 0 Å². The van der Waals surface area contributed by atoms with Crippen LogP contribution in [-0.4, -0.2) is 75.4 Å². The normalized spacial score (nSPS) is 23.4. The van der Waals surface area contributed by atoms with Crippen LogP contribution in [0.4, 0.5) is 0 Å². The molecule has 8 nitrogen and oxygen atoms in total. The van der Waals surface area contributed by atoms with E-state index in [1.165, 1.54) is 23.4 Å². The minimum Gasteiger partial charge on any atom is -0.340 e. The molecule has 0 aromatic heterocycles. The topological polar surface area (TPSA) is 109 Å². The second-order valence-corrected chi connectivity index (χ2v) is 13.2. The number of ketones is 1. The molecule has 0 saturated carbocycles. The molecule has 0 bridgehead atoms. The molecule has 182 valence electrons. The van der Waals surface area contributed by atoms with Gasteiger partial charge in [-0.3, -0.25) is 9.59 Å². The smallest absolute Gasteiger partial charge is 0.243 e. The number of nitrogens with zero attached hydrogens (tertiary/aromatic N) is 2. The number of benzene rings is 2. The zero-order valence-corrected chi connectivity index (χ0v) is 20.6. The SMILES string of the molecule is CC(=O)c1cccc(S(=O)(=O)N2CC(C(=O)N3CCS(=O)(=O)CC3)CC(c3ccccc3)C2)c1. The summed E-state index contributed by atoms with van der Waals surface area (Å²) in [7, 11) is -7.10. The highest BCUT2D eigenvalue weighted by Crippen LogP contribution is 2.34. The Morgan fingerprint density at radius 2 is 1.62 bits per heavy atom. The molecule has 0 aliphatic carbocycles. The van der Waals surface area contributed by atoms with Gasteiger partial charge in [0.15, 0.2) is 15.6 Å². The van der Waals surface area contributed by atoms with Gasteiger partial charge < -0.3 is 4.90 Å². The van der Waals surface area contributed by atoms with E-state index < -0.39 is 25.8 Å². The monoisotopic (exact) mass is 504 g/mol. The predicted molar refractivity (Wildman–Crippen MR) is 128 cm³/mol. The van der Waals surface area contributed by atoms with E-state index in [0.29, 0.717) is 12.0 Å². The number of Topliss-reactive ketones (excluding diaryl/α,β-unsaturated/α-hetero) is 1.